The molecule has 9 nitrogen and oxygen atoms in total. The molecule has 164 valence electrons. The number of aryl methyl sites for hydroxylation is 2. The molecule has 1 atom stereocenters. The maximum atomic E-state index is 12.7. The summed E-state index contributed by atoms with van der Waals surface area (Å²) in [7, 11) is 3.49. The quantitative estimate of drug-likeness (QED) is 0.693. The zero-order chi connectivity index (χ0) is 22.1. The van der Waals surface area contributed by atoms with Crippen LogP contribution in [0.25, 0.3) is 11.1 Å². The van der Waals surface area contributed by atoms with Gasteiger partial charge in [-0.1, -0.05) is 18.2 Å². The van der Waals surface area contributed by atoms with Crippen LogP contribution in [0.3, 0.4) is 0 Å². The summed E-state index contributed by atoms with van der Waals surface area (Å²) in [5.41, 5.74) is 2.66. The van der Waals surface area contributed by atoms with Gasteiger partial charge in [-0.15, -0.1) is 0 Å². The van der Waals surface area contributed by atoms with Crippen LogP contribution in [0.2, 0.25) is 0 Å². The van der Waals surface area contributed by atoms with E-state index in [4.69, 9.17) is 19.4 Å². The van der Waals surface area contributed by atoms with Crippen LogP contribution in [0, 0.1) is 6.92 Å². The minimum absolute atomic E-state index is 0.0202. The molecule has 0 saturated carbocycles. The smallest absolute Gasteiger partial charge is 0.290 e. The predicted octanol–water partition coefficient (Wildman–Crippen LogP) is 2.15. The summed E-state index contributed by atoms with van der Waals surface area (Å²) in [6, 6.07) is 7.94. The van der Waals surface area contributed by atoms with E-state index in [-0.39, 0.29) is 18.4 Å². The van der Waals surface area contributed by atoms with Crippen molar-refractivity contribution in [3.05, 3.63) is 30.0 Å². The molecular formula is C21H30N4O5. The van der Waals surface area contributed by atoms with Crippen molar-refractivity contribution in [1.82, 2.24) is 14.7 Å². The fourth-order valence-corrected chi connectivity index (χ4v) is 3.57. The van der Waals surface area contributed by atoms with Crippen molar-refractivity contribution in [2.45, 2.75) is 26.3 Å². The summed E-state index contributed by atoms with van der Waals surface area (Å²) in [6.45, 7) is 6.96. The van der Waals surface area contributed by atoms with Crippen molar-refractivity contribution >= 4 is 18.2 Å². The number of carboxylic acid groups (broad SMARTS) is 1. The zero-order valence-corrected chi connectivity index (χ0v) is 17.9. The highest BCUT2D eigenvalue weighted by Crippen LogP contribution is 2.37. The summed E-state index contributed by atoms with van der Waals surface area (Å²) in [4.78, 5) is 23.4. The topological polar surface area (TPSA) is 106 Å². The molecule has 1 saturated heterocycles. The molecule has 2 heterocycles. The standard InChI is InChI=1S/C20H28N4O3.CH2O2/c1-14(24-9-11-27-12-10-24)13-18(25)21-20-19(15(2)22-23(20)3)16-7-5-6-8-17(16)26-4;2-1-3/h5-8,14H,9-13H2,1-4H3,(H,21,25);1H,(H,2,3). The Morgan fingerprint density at radius 1 is 1.37 bits per heavy atom. The number of carbonyl (C=O) groups excluding carboxylic acids is 1. The Morgan fingerprint density at radius 3 is 2.63 bits per heavy atom. The molecule has 2 aromatic rings. The number of rotatable bonds is 6. The average molecular weight is 418 g/mol. The molecule has 1 fully saturated rings. The Balaban J connectivity index is 0.00000101. The van der Waals surface area contributed by atoms with Gasteiger partial charge in [0, 0.05) is 38.2 Å². The molecule has 1 aliphatic heterocycles. The Labute approximate surface area is 176 Å². The number of aromatic nitrogens is 2. The average Bonchev–Trinajstić information content (AvgIpc) is 3.01. The van der Waals surface area contributed by atoms with Gasteiger partial charge in [-0.2, -0.15) is 5.10 Å². The van der Waals surface area contributed by atoms with Crippen LogP contribution in [0.4, 0.5) is 5.82 Å². The summed E-state index contributed by atoms with van der Waals surface area (Å²) in [5, 5.41) is 14.5. The summed E-state index contributed by atoms with van der Waals surface area (Å²) in [5.74, 6) is 1.43. The minimum atomic E-state index is -0.250. The van der Waals surface area contributed by atoms with E-state index in [1.165, 1.54) is 0 Å². The number of hydrogen-bond donors (Lipinski definition) is 2. The van der Waals surface area contributed by atoms with Crippen LogP contribution in [0.15, 0.2) is 24.3 Å². The SMILES string of the molecule is COc1ccccc1-c1c(C)nn(C)c1NC(=O)CC(C)N1CCOCC1.O=CO. The molecule has 1 aromatic carbocycles. The van der Waals surface area contributed by atoms with Gasteiger partial charge < -0.3 is 19.9 Å². The van der Waals surface area contributed by atoms with E-state index in [1.54, 1.807) is 11.8 Å². The molecule has 1 aliphatic rings. The van der Waals surface area contributed by atoms with Gasteiger partial charge in [0.1, 0.15) is 11.6 Å². The number of para-hydroxylation sites is 1. The lowest BCUT2D eigenvalue weighted by molar-refractivity contribution is -0.123. The first-order chi connectivity index (χ1) is 14.4. The number of ether oxygens (including phenoxy) is 2. The fraction of sp³-hybridized carbons (Fsp3) is 0.476. The second-order valence-electron chi connectivity index (χ2n) is 6.99. The van der Waals surface area contributed by atoms with E-state index >= 15 is 0 Å². The van der Waals surface area contributed by atoms with Crippen molar-refractivity contribution in [3.63, 3.8) is 0 Å². The lowest BCUT2D eigenvalue weighted by Gasteiger charge is -2.31. The van der Waals surface area contributed by atoms with Crippen molar-refractivity contribution in [1.29, 1.82) is 0 Å². The number of carbonyl (C=O) groups is 2. The van der Waals surface area contributed by atoms with Gasteiger partial charge in [0.25, 0.3) is 6.47 Å². The molecule has 0 aliphatic carbocycles. The molecule has 1 amide bonds. The maximum absolute atomic E-state index is 12.7. The molecule has 1 aromatic heterocycles. The molecule has 3 rings (SSSR count). The number of methoxy groups -OCH3 is 1. The summed E-state index contributed by atoms with van der Waals surface area (Å²) < 4.78 is 12.6. The van der Waals surface area contributed by atoms with E-state index in [1.807, 2.05) is 38.2 Å². The third-order valence-electron chi connectivity index (χ3n) is 5.01. The van der Waals surface area contributed by atoms with E-state index in [0.717, 1.165) is 48.9 Å². The van der Waals surface area contributed by atoms with Gasteiger partial charge in [0.15, 0.2) is 0 Å². The third-order valence-corrected chi connectivity index (χ3v) is 5.01. The maximum Gasteiger partial charge on any atom is 0.290 e. The number of amides is 1. The second-order valence-corrected chi connectivity index (χ2v) is 6.99. The number of anilines is 1. The normalized spacial score (nSPS) is 14.9. The van der Waals surface area contributed by atoms with Crippen LogP contribution < -0.4 is 10.1 Å². The van der Waals surface area contributed by atoms with Crippen LogP contribution in [0.1, 0.15) is 19.0 Å². The van der Waals surface area contributed by atoms with E-state index in [0.29, 0.717) is 12.2 Å². The lowest BCUT2D eigenvalue weighted by atomic mass is 10.0. The molecular weight excluding hydrogens is 388 g/mol. The van der Waals surface area contributed by atoms with Crippen molar-refractivity contribution in [2.24, 2.45) is 7.05 Å². The molecule has 9 heteroatoms. The Kier molecular flexibility index (Phi) is 8.82. The first-order valence-corrected chi connectivity index (χ1v) is 9.79. The van der Waals surface area contributed by atoms with Crippen LogP contribution in [-0.2, 0) is 21.4 Å². The molecule has 0 spiro atoms. The highest BCUT2D eigenvalue weighted by molar-refractivity contribution is 5.95. The number of benzene rings is 1. The van der Waals surface area contributed by atoms with Crippen LogP contribution in [-0.4, -0.2) is 71.6 Å². The Bertz CT molecular complexity index is 846. The summed E-state index contributed by atoms with van der Waals surface area (Å²) in [6.07, 6.45) is 0.426. The number of morpholine rings is 1. The van der Waals surface area contributed by atoms with Crippen molar-refractivity contribution < 1.29 is 24.2 Å². The Morgan fingerprint density at radius 2 is 2.00 bits per heavy atom. The highest BCUT2D eigenvalue weighted by Gasteiger charge is 2.23. The van der Waals surface area contributed by atoms with E-state index in [9.17, 15) is 4.79 Å². The van der Waals surface area contributed by atoms with Gasteiger partial charge >= 0.3 is 0 Å². The van der Waals surface area contributed by atoms with E-state index < -0.39 is 0 Å². The minimum Gasteiger partial charge on any atom is -0.496 e. The number of hydrogen-bond acceptors (Lipinski definition) is 6. The predicted molar refractivity (Wildman–Crippen MR) is 114 cm³/mol. The zero-order valence-electron chi connectivity index (χ0n) is 17.9. The van der Waals surface area contributed by atoms with Crippen LogP contribution in [0.5, 0.6) is 5.75 Å². The van der Waals surface area contributed by atoms with E-state index in [2.05, 4.69) is 22.2 Å². The molecule has 0 bridgehead atoms. The third kappa shape index (κ3) is 5.80. The first kappa shape index (κ1) is 23.4. The van der Waals surface area contributed by atoms with Crippen molar-refractivity contribution in [3.8, 4) is 16.9 Å². The molecule has 2 N–H and O–H groups in total. The lowest BCUT2D eigenvalue weighted by Crippen LogP contribution is -2.43. The number of nitrogens with zero attached hydrogens (tertiary/aromatic N) is 3. The summed E-state index contributed by atoms with van der Waals surface area (Å²) >= 11 is 0. The molecule has 30 heavy (non-hydrogen) atoms. The number of nitrogens with one attached hydrogen (secondary N) is 1. The largest absolute Gasteiger partial charge is 0.496 e. The van der Waals surface area contributed by atoms with Gasteiger partial charge in [0.05, 0.1) is 31.6 Å². The first-order valence-electron chi connectivity index (χ1n) is 9.79. The van der Waals surface area contributed by atoms with Gasteiger partial charge in [0.2, 0.25) is 5.91 Å². The van der Waals surface area contributed by atoms with Crippen molar-refractivity contribution in [2.75, 3.05) is 38.7 Å². The molecule has 1 unspecified atom stereocenters. The fourth-order valence-electron chi connectivity index (χ4n) is 3.57. The Hall–Kier alpha value is -2.91. The monoisotopic (exact) mass is 418 g/mol. The highest BCUT2D eigenvalue weighted by atomic mass is 16.5. The van der Waals surface area contributed by atoms with Crippen LogP contribution >= 0.6 is 0 Å². The second kappa shape index (κ2) is 11.3. The molecule has 0 radical (unpaired) electrons. The van der Waals surface area contributed by atoms with Gasteiger partial charge in [-0.3, -0.25) is 19.2 Å². The van der Waals surface area contributed by atoms with Gasteiger partial charge in [-0.05, 0) is 19.9 Å². The van der Waals surface area contributed by atoms with Gasteiger partial charge in [-0.25, -0.2) is 0 Å².